The highest BCUT2D eigenvalue weighted by Gasteiger charge is 2.21. The van der Waals surface area contributed by atoms with Gasteiger partial charge >= 0.3 is 0 Å². The SMILES string of the molecule is CCCn1ncc(Br)c1C(=O)c1ccc(OC)cc1F. The molecule has 2 aromatic rings. The Balaban J connectivity index is 2.43. The molecule has 1 heterocycles. The summed E-state index contributed by atoms with van der Waals surface area (Å²) in [7, 11) is 1.45. The van der Waals surface area contributed by atoms with Crippen molar-refractivity contribution in [2.24, 2.45) is 0 Å². The fourth-order valence-corrected chi connectivity index (χ4v) is 2.38. The molecule has 0 amide bonds. The Kier molecular flexibility index (Phi) is 4.54. The van der Waals surface area contributed by atoms with E-state index in [9.17, 15) is 9.18 Å². The molecule has 1 aromatic carbocycles. The van der Waals surface area contributed by atoms with Gasteiger partial charge in [-0.1, -0.05) is 6.92 Å². The van der Waals surface area contributed by atoms with Gasteiger partial charge in [-0.25, -0.2) is 4.39 Å². The van der Waals surface area contributed by atoms with Crippen LogP contribution >= 0.6 is 15.9 Å². The molecule has 4 nitrogen and oxygen atoms in total. The van der Waals surface area contributed by atoms with E-state index in [-0.39, 0.29) is 5.56 Å². The van der Waals surface area contributed by atoms with Gasteiger partial charge in [-0.15, -0.1) is 0 Å². The largest absolute Gasteiger partial charge is 0.497 e. The predicted molar refractivity (Wildman–Crippen MR) is 76.6 cm³/mol. The van der Waals surface area contributed by atoms with Gasteiger partial charge in [0.2, 0.25) is 5.78 Å². The second kappa shape index (κ2) is 6.17. The van der Waals surface area contributed by atoms with E-state index in [0.29, 0.717) is 22.5 Å². The number of hydrogen-bond acceptors (Lipinski definition) is 3. The fourth-order valence-electron chi connectivity index (χ4n) is 1.90. The second-order valence-corrected chi connectivity index (χ2v) is 5.09. The summed E-state index contributed by atoms with van der Waals surface area (Å²) in [5.74, 6) is -0.631. The van der Waals surface area contributed by atoms with Crippen LogP contribution in [0.4, 0.5) is 4.39 Å². The summed E-state index contributed by atoms with van der Waals surface area (Å²) in [6.07, 6.45) is 2.38. The molecule has 0 atom stereocenters. The molecule has 0 bridgehead atoms. The van der Waals surface area contributed by atoms with Gasteiger partial charge in [0, 0.05) is 12.6 Å². The molecule has 0 aliphatic rings. The quantitative estimate of drug-likeness (QED) is 0.783. The van der Waals surface area contributed by atoms with Crippen LogP contribution in [-0.2, 0) is 6.54 Å². The van der Waals surface area contributed by atoms with Crippen LogP contribution in [0, 0.1) is 5.82 Å². The lowest BCUT2D eigenvalue weighted by Gasteiger charge is -2.08. The first-order valence-electron chi connectivity index (χ1n) is 6.18. The Morgan fingerprint density at radius 1 is 1.50 bits per heavy atom. The van der Waals surface area contributed by atoms with E-state index < -0.39 is 11.6 Å². The summed E-state index contributed by atoms with van der Waals surface area (Å²) < 4.78 is 21.1. The maximum Gasteiger partial charge on any atom is 0.215 e. The molecule has 0 saturated carbocycles. The van der Waals surface area contributed by atoms with Crippen molar-refractivity contribution in [3.05, 3.63) is 45.9 Å². The van der Waals surface area contributed by atoms with Crippen LogP contribution in [0.3, 0.4) is 0 Å². The van der Waals surface area contributed by atoms with Crippen molar-refractivity contribution in [3.63, 3.8) is 0 Å². The summed E-state index contributed by atoms with van der Waals surface area (Å²) in [4.78, 5) is 12.5. The molecule has 0 spiro atoms. The number of carbonyl (C=O) groups excluding carboxylic acids is 1. The van der Waals surface area contributed by atoms with Crippen molar-refractivity contribution < 1.29 is 13.9 Å². The van der Waals surface area contributed by atoms with E-state index in [0.717, 1.165) is 6.42 Å². The number of carbonyl (C=O) groups is 1. The van der Waals surface area contributed by atoms with Crippen LogP contribution < -0.4 is 4.74 Å². The number of ketones is 1. The molecule has 20 heavy (non-hydrogen) atoms. The predicted octanol–water partition coefficient (Wildman–Crippen LogP) is 3.43. The lowest BCUT2D eigenvalue weighted by molar-refractivity contribution is 0.102. The number of hydrogen-bond donors (Lipinski definition) is 0. The van der Waals surface area contributed by atoms with Crippen LogP contribution in [0.5, 0.6) is 5.75 Å². The molecule has 0 fully saturated rings. The minimum atomic E-state index is -0.606. The van der Waals surface area contributed by atoms with Crippen LogP contribution in [0.25, 0.3) is 0 Å². The normalized spacial score (nSPS) is 10.6. The zero-order chi connectivity index (χ0) is 14.7. The average Bonchev–Trinajstić information content (AvgIpc) is 2.79. The van der Waals surface area contributed by atoms with Gasteiger partial charge < -0.3 is 4.74 Å². The van der Waals surface area contributed by atoms with E-state index in [1.807, 2.05) is 6.92 Å². The molecule has 0 unspecified atom stereocenters. The van der Waals surface area contributed by atoms with Gasteiger partial charge in [0.1, 0.15) is 17.3 Å². The average molecular weight is 341 g/mol. The first-order valence-corrected chi connectivity index (χ1v) is 6.97. The molecule has 2 rings (SSSR count). The molecular formula is C14H14BrFN2O2. The van der Waals surface area contributed by atoms with Gasteiger partial charge in [-0.2, -0.15) is 5.10 Å². The number of rotatable bonds is 5. The van der Waals surface area contributed by atoms with Gasteiger partial charge in [0.15, 0.2) is 0 Å². The van der Waals surface area contributed by atoms with Crippen molar-refractivity contribution in [2.45, 2.75) is 19.9 Å². The number of aryl methyl sites for hydroxylation is 1. The van der Waals surface area contributed by atoms with Crippen LogP contribution in [-0.4, -0.2) is 22.7 Å². The highest BCUT2D eigenvalue weighted by atomic mass is 79.9. The molecule has 106 valence electrons. The minimum Gasteiger partial charge on any atom is -0.497 e. The summed E-state index contributed by atoms with van der Waals surface area (Å²) in [5, 5.41) is 4.12. The number of ether oxygens (including phenoxy) is 1. The lowest BCUT2D eigenvalue weighted by atomic mass is 10.1. The van der Waals surface area contributed by atoms with Crippen molar-refractivity contribution >= 4 is 21.7 Å². The smallest absolute Gasteiger partial charge is 0.215 e. The number of benzene rings is 1. The maximum atomic E-state index is 14.0. The van der Waals surface area contributed by atoms with Gasteiger partial charge in [0.05, 0.1) is 23.3 Å². The zero-order valence-corrected chi connectivity index (χ0v) is 12.8. The number of aromatic nitrogens is 2. The third-order valence-electron chi connectivity index (χ3n) is 2.87. The minimum absolute atomic E-state index is 0.00403. The Morgan fingerprint density at radius 3 is 2.85 bits per heavy atom. The van der Waals surface area contributed by atoms with Crippen LogP contribution in [0.15, 0.2) is 28.9 Å². The molecule has 6 heteroatoms. The Bertz CT molecular complexity index is 640. The van der Waals surface area contributed by atoms with Gasteiger partial charge in [0.25, 0.3) is 0 Å². The monoisotopic (exact) mass is 340 g/mol. The third-order valence-corrected chi connectivity index (χ3v) is 3.45. The first-order chi connectivity index (χ1) is 9.58. The fraction of sp³-hybridized carbons (Fsp3) is 0.286. The summed E-state index contributed by atoms with van der Waals surface area (Å²) in [5.41, 5.74) is 0.361. The van der Waals surface area contributed by atoms with Gasteiger partial charge in [-0.3, -0.25) is 9.48 Å². The van der Waals surface area contributed by atoms with Crippen LogP contribution in [0.2, 0.25) is 0 Å². The Hall–Kier alpha value is -1.69. The standard InChI is InChI=1S/C14H14BrFN2O2/c1-3-6-18-13(11(15)8-17-18)14(19)10-5-4-9(20-2)7-12(10)16/h4-5,7-8H,3,6H2,1-2H3. The molecule has 0 aliphatic heterocycles. The third kappa shape index (κ3) is 2.75. The molecule has 0 radical (unpaired) electrons. The molecule has 0 saturated heterocycles. The Morgan fingerprint density at radius 2 is 2.25 bits per heavy atom. The van der Waals surface area contributed by atoms with Crippen molar-refractivity contribution in [2.75, 3.05) is 7.11 Å². The van der Waals surface area contributed by atoms with Crippen molar-refractivity contribution in [1.29, 1.82) is 0 Å². The highest BCUT2D eigenvalue weighted by Crippen LogP contribution is 2.23. The van der Waals surface area contributed by atoms with Crippen molar-refractivity contribution in [3.8, 4) is 5.75 Å². The molecule has 0 aliphatic carbocycles. The summed E-state index contributed by atoms with van der Waals surface area (Å²) in [6, 6.07) is 4.18. The molecular weight excluding hydrogens is 327 g/mol. The van der Waals surface area contributed by atoms with Crippen molar-refractivity contribution in [1.82, 2.24) is 9.78 Å². The number of halogens is 2. The number of methoxy groups -OCH3 is 1. The second-order valence-electron chi connectivity index (χ2n) is 4.24. The Labute approximate surface area is 124 Å². The highest BCUT2D eigenvalue weighted by molar-refractivity contribution is 9.10. The van der Waals surface area contributed by atoms with E-state index >= 15 is 0 Å². The molecule has 1 aromatic heterocycles. The van der Waals surface area contributed by atoms with E-state index in [4.69, 9.17) is 4.74 Å². The summed E-state index contributed by atoms with van der Waals surface area (Å²) in [6.45, 7) is 2.59. The summed E-state index contributed by atoms with van der Waals surface area (Å²) >= 11 is 3.29. The first kappa shape index (κ1) is 14.7. The van der Waals surface area contributed by atoms with E-state index in [2.05, 4.69) is 21.0 Å². The number of nitrogens with zero attached hydrogens (tertiary/aromatic N) is 2. The zero-order valence-electron chi connectivity index (χ0n) is 11.2. The maximum absolute atomic E-state index is 14.0. The lowest BCUT2D eigenvalue weighted by Crippen LogP contribution is -2.13. The van der Waals surface area contributed by atoms with E-state index in [1.165, 1.54) is 19.2 Å². The topological polar surface area (TPSA) is 44.1 Å². The van der Waals surface area contributed by atoms with Gasteiger partial charge in [-0.05, 0) is 34.5 Å². The van der Waals surface area contributed by atoms with E-state index in [1.54, 1.807) is 16.9 Å². The molecule has 0 N–H and O–H groups in total. The van der Waals surface area contributed by atoms with Crippen LogP contribution in [0.1, 0.15) is 29.4 Å².